The minimum Gasteiger partial charge on any atom is -0.465 e. The van der Waals surface area contributed by atoms with E-state index in [-0.39, 0.29) is 5.97 Å². The van der Waals surface area contributed by atoms with Crippen LogP contribution in [0.4, 0.5) is 0 Å². The van der Waals surface area contributed by atoms with Gasteiger partial charge in [0, 0.05) is 16.3 Å². The summed E-state index contributed by atoms with van der Waals surface area (Å²) in [6, 6.07) is 1.80. The molecule has 5 heteroatoms. The van der Waals surface area contributed by atoms with Gasteiger partial charge in [-0.05, 0) is 6.07 Å². The number of ether oxygens (including phenoxy) is 1. The molecule has 0 spiro atoms. The SMILES string of the molecule is COC(=O)c1cc(-c2cscn2)cs1. The van der Waals surface area contributed by atoms with Crippen LogP contribution in [0, 0.1) is 0 Å². The van der Waals surface area contributed by atoms with Crippen molar-refractivity contribution in [1.29, 1.82) is 0 Å². The summed E-state index contributed by atoms with van der Waals surface area (Å²) in [7, 11) is 1.38. The number of rotatable bonds is 2. The van der Waals surface area contributed by atoms with Crippen LogP contribution in [-0.2, 0) is 4.74 Å². The average Bonchev–Trinajstić information content (AvgIpc) is 2.86. The van der Waals surface area contributed by atoms with Crippen molar-refractivity contribution in [1.82, 2.24) is 4.98 Å². The van der Waals surface area contributed by atoms with Gasteiger partial charge in [0.1, 0.15) is 4.88 Å². The Morgan fingerprint density at radius 1 is 1.50 bits per heavy atom. The van der Waals surface area contributed by atoms with Gasteiger partial charge < -0.3 is 4.74 Å². The van der Waals surface area contributed by atoms with Crippen LogP contribution in [0.5, 0.6) is 0 Å². The van der Waals surface area contributed by atoms with E-state index < -0.39 is 0 Å². The Balaban J connectivity index is 2.31. The molecule has 2 rings (SSSR count). The number of esters is 1. The van der Waals surface area contributed by atoms with E-state index >= 15 is 0 Å². The quantitative estimate of drug-likeness (QED) is 0.737. The molecule has 2 aromatic rings. The van der Waals surface area contributed by atoms with E-state index in [0.717, 1.165) is 11.3 Å². The lowest BCUT2D eigenvalue weighted by Gasteiger charge is -1.91. The molecule has 0 unspecified atom stereocenters. The Morgan fingerprint density at radius 2 is 2.36 bits per heavy atom. The van der Waals surface area contributed by atoms with Crippen LogP contribution in [-0.4, -0.2) is 18.1 Å². The van der Waals surface area contributed by atoms with Gasteiger partial charge in [-0.3, -0.25) is 0 Å². The fourth-order valence-electron chi connectivity index (χ4n) is 1.03. The van der Waals surface area contributed by atoms with E-state index in [2.05, 4.69) is 9.72 Å². The number of thiazole rings is 1. The molecule has 2 heterocycles. The van der Waals surface area contributed by atoms with Crippen molar-refractivity contribution in [2.75, 3.05) is 7.11 Å². The molecule has 0 atom stereocenters. The summed E-state index contributed by atoms with van der Waals surface area (Å²) in [4.78, 5) is 15.9. The van der Waals surface area contributed by atoms with Crippen LogP contribution in [0.1, 0.15) is 9.67 Å². The monoisotopic (exact) mass is 225 g/mol. The van der Waals surface area contributed by atoms with E-state index in [1.54, 1.807) is 11.6 Å². The van der Waals surface area contributed by atoms with E-state index in [9.17, 15) is 4.79 Å². The molecule has 2 aromatic heterocycles. The van der Waals surface area contributed by atoms with Crippen LogP contribution < -0.4 is 0 Å². The molecule has 0 N–H and O–H groups in total. The molecule has 0 saturated heterocycles. The summed E-state index contributed by atoms with van der Waals surface area (Å²) < 4.78 is 4.62. The van der Waals surface area contributed by atoms with E-state index in [1.807, 2.05) is 10.8 Å². The summed E-state index contributed by atoms with van der Waals surface area (Å²) >= 11 is 2.91. The normalized spacial score (nSPS) is 10.1. The van der Waals surface area contributed by atoms with Gasteiger partial charge in [0.15, 0.2) is 0 Å². The molecule has 0 saturated carbocycles. The zero-order chi connectivity index (χ0) is 9.97. The van der Waals surface area contributed by atoms with Crippen molar-refractivity contribution >= 4 is 28.6 Å². The molecule has 0 amide bonds. The number of methoxy groups -OCH3 is 1. The first-order chi connectivity index (χ1) is 6.81. The first kappa shape index (κ1) is 9.36. The fourth-order valence-corrected chi connectivity index (χ4v) is 2.41. The Hall–Kier alpha value is -1.20. The minimum atomic E-state index is -0.295. The number of carbonyl (C=O) groups excluding carboxylic acids is 1. The Labute approximate surface area is 89.0 Å². The topological polar surface area (TPSA) is 39.2 Å². The standard InChI is InChI=1S/C9H7NO2S2/c1-12-9(11)8-2-6(3-14-8)7-4-13-5-10-7/h2-5H,1H3. The smallest absolute Gasteiger partial charge is 0.348 e. The molecular weight excluding hydrogens is 218 g/mol. The molecule has 0 aromatic carbocycles. The first-order valence-electron chi connectivity index (χ1n) is 3.86. The lowest BCUT2D eigenvalue weighted by atomic mass is 10.2. The summed E-state index contributed by atoms with van der Waals surface area (Å²) in [6.45, 7) is 0. The molecule has 0 aliphatic rings. The molecular formula is C9H7NO2S2. The van der Waals surface area contributed by atoms with Crippen molar-refractivity contribution in [2.24, 2.45) is 0 Å². The number of aromatic nitrogens is 1. The summed E-state index contributed by atoms with van der Waals surface area (Å²) in [5.41, 5.74) is 3.64. The van der Waals surface area contributed by atoms with Crippen LogP contribution in [0.2, 0.25) is 0 Å². The van der Waals surface area contributed by atoms with Gasteiger partial charge in [-0.1, -0.05) is 0 Å². The fraction of sp³-hybridized carbons (Fsp3) is 0.111. The maximum absolute atomic E-state index is 11.2. The number of hydrogen-bond acceptors (Lipinski definition) is 5. The molecule has 3 nitrogen and oxygen atoms in total. The summed E-state index contributed by atoms with van der Waals surface area (Å²) in [5, 5.41) is 3.85. The number of nitrogens with zero attached hydrogens (tertiary/aromatic N) is 1. The third-order valence-corrected chi connectivity index (χ3v) is 3.21. The second-order valence-electron chi connectivity index (χ2n) is 2.56. The van der Waals surface area contributed by atoms with Gasteiger partial charge in [0.2, 0.25) is 0 Å². The molecule has 0 fully saturated rings. The third-order valence-electron chi connectivity index (χ3n) is 1.71. The van der Waals surface area contributed by atoms with Gasteiger partial charge in [-0.25, -0.2) is 9.78 Å². The largest absolute Gasteiger partial charge is 0.465 e. The average molecular weight is 225 g/mol. The Kier molecular flexibility index (Phi) is 2.60. The second-order valence-corrected chi connectivity index (χ2v) is 4.19. The van der Waals surface area contributed by atoms with Gasteiger partial charge in [-0.15, -0.1) is 22.7 Å². The zero-order valence-electron chi connectivity index (χ0n) is 7.39. The highest BCUT2D eigenvalue weighted by atomic mass is 32.1. The molecule has 72 valence electrons. The Morgan fingerprint density at radius 3 is 3.00 bits per heavy atom. The van der Waals surface area contributed by atoms with Gasteiger partial charge in [0.05, 0.1) is 18.3 Å². The first-order valence-corrected chi connectivity index (χ1v) is 5.69. The number of hydrogen-bond donors (Lipinski definition) is 0. The van der Waals surface area contributed by atoms with Crippen molar-refractivity contribution < 1.29 is 9.53 Å². The maximum Gasteiger partial charge on any atom is 0.348 e. The van der Waals surface area contributed by atoms with Gasteiger partial charge in [0.25, 0.3) is 0 Å². The summed E-state index contributed by atoms with van der Waals surface area (Å²) in [6.07, 6.45) is 0. The highest BCUT2D eigenvalue weighted by molar-refractivity contribution is 7.12. The molecule has 0 aliphatic carbocycles. The van der Waals surface area contributed by atoms with Crippen LogP contribution in [0.3, 0.4) is 0 Å². The lowest BCUT2D eigenvalue weighted by Crippen LogP contribution is -1.96. The molecule has 0 bridgehead atoms. The molecule has 0 aliphatic heterocycles. The maximum atomic E-state index is 11.2. The predicted molar refractivity (Wildman–Crippen MR) is 56.8 cm³/mol. The third kappa shape index (κ3) is 1.69. The van der Waals surface area contributed by atoms with Crippen LogP contribution >= 0.6 is 22.7 Å². The van der Waals surface area contributed by atoms with Crippen molar-refractivity contribution in [2.45, 2.75) is 0 Å². The minimum absolute atomic E-state index is 0.295. The zero-order valence-corrected chi connectivity index (χ0v) is 9.02. The van der Waals surface area contributed by atoms with Crippen molar-refractivity contribution in [3.63, 3.8) is 0 Å². The van der Waals surface area contributed by atoms with E-state index in [1.165, 1.54) is 29.8 Å². The summed E-state index contributed by atoms with van der Waals surface area (Å²) in [5.74, 6) is -0.295. The van der Waals surface area contributed by atoms with Crippen molar-refractivity contribution in [3.05, 3.63) is 27.2 Å². The number of thiophene rings is 1. The predicted octanol–water partition coefficient (Wildman–Crippen LogP) is 2.66. The Bertz CT molecular complexity index is 433. The number of carbonyl (C=O) groups is 1. The van der Waals surface area contributed by atoms with Crippen LogP contribution in [0.25, 0.3) is 11.3 Å². The molecule has 0 radical (unpaired) electrons. The van der Waals surface area contributed by atoms with Gasteiger partial charge in [-0.2, -0.15) is 0 Å². The van der Waals surface area contributed by atoms with E-state index in [4.69, 9.17) is 0 Å². The van der Waals surface area contributed by atoms with Gasteiger partial charge >= 0.3 is 5.97 Å². The van der Waals surface area contributed by atoms with Crippen LogP contribution in [0.15, 0.2) is 22.3 Å². The van der Waals surface area contributed by atoms with Crippen molar-refractivity contribution in [3.8, 4) is 11.3 Å². The highest BCUT2D eigenvalue weighted by Gasteiger charge is 2.10. The van der Waals surface area contributed by atoms with E-state index in [0.29, 0.717) is 4.88 Å². The highest BCUT2D eigenvalue weighted by Crippen LogP contribution is 2.25. The lowest BCUT2D eigenvalue weighted by molar-refractivity contribution is 0.0606. The molecule has 14 heavy (non-hydrogen) atoms. The second kappa shape index (κ2) is 3.89.